The fourth-order valence-electron chi connectivity index (χ4n) is 2.89. The number of hydrogen-bond donors (Lipinski definition) is 3. The third kappa shape index (κ3) is 6.57. The summed E-state index contributed by atoms with van der Waals surface area (Å²) in [6.45, 7) is 0.683. The first-order valence-electron chi connectivity index (χ1n) is 9.44. The van der Waals surface area contributed by atoms with Gasteiger partial charge in [-0.1, -0.05) is 29.3 Å². The van der Waals surface area contributed by atoms with Gasteiger partial charge in [0.05, 0.1) is 20.6 Å². The Bertz CT molecular complexity index is 1250. The van der Waals surface area contributed by atoms with Gasteiger partial charge in [0.25, 0.3) is 10.0 Å². The minimum Gasteiger partial charge on any atom is -0.465 e. The summed E-state index contributed by atoms with van der Waals surface area (Å²) in [5.41, 5.74) is 1.02. The van der Waals surface area contributed by atoms with Crippen LogP contribution in [0.1, 0.15) is 15.7 Å². The van der Waals surface area contributed by atoms with Crippen LogP contribution in [-0.4, -0.2) is 37.1 Å². The summed E-state index contributed by atoms with van der Waals surface area (Å²) < 4.78 is 26.8. The molecule has 13 heteroatoms. The van der Waals surface area contributed by atoms with Crippen LogP contribution in [-0.2, 0) is 14.8 Å². The Morgan fingerprint density at radius 3 is 2.48 bits per heavy atom. The van der Waals surface area contributed by atoms with Crippen LogP contribution in [0.2, 0.25) is 10.0 Å². The van der Waals surface area contributed by atoms with Gasteiger partial charge in [-0.05, 0) is 42.8 Å². The summed E-state index contributed by atoms with van der Waals surface area (Å²) in [7, 11) is -3.64. The lowest BCUT2D eigenvalue weighted by molar-refractivity contribution is -0.117. The smallest absolute Gasteiger partial charge is 0.409 e. The zero-order valence-electron chi connectivity index (χ0n) is 16.9. The van der Waals surface area contributed by atoms with E-state index in [4.69, 9.17) is 28.3 Å². The second-order valence-corrected chi connectivity index (χ2v) is 9.98. The third-order valence-electron chi connectivity index (χ3n) is 4.38. The van der Waals surface area contributed by atoms with Gasteiger partial charge in [-0.3, -0.25) is 14.8 Å². The summed E-state index contributed by atoms with van der Waals surface area (Å²) in [4.78, 5) is 27.6. The maximum absolute atomic E-state index is 12.2. The van der Waals surface area contributed by atoms with E-state index in [-0.39, 0.29) is 24.4 Å². The number of carboxylic acid groups (broad SMARTS) is 1. The van der Waals surface area contributed by atoms with Crippen molar-refractivity contribution in [3.8, 4) is 0 Å². The highest BCUT2D eigenvalue weighted by atomic mass is 35.5. The average molecular weight is 533 g/mol. The molecule has 2 aromatic carbocycles. The van der Waals surface area contributed by atoms with Crippen molar-refractivity contribution in [3.05, 3.63) is 64.1 Å². The first-order valence-corrected chi connectivity index (χ1v) is 12.6. The molecular weight excluding hydrogens is 511 g/mol. The fourth-order valence-corrected chi connectivity index (χ4v) is 5.03. The molecule has 1 saturated heterocycles. The summed E-state index contributed by atoms with van der Waals surface area (Å²) in [5.74, 6) is 0.0755. The van der Waals surface area contributed by atoms with Crippen molar-refractivity contribution in [2.24, 2.45) is 0 Å². The molecule has 1 aromatic heterocycles. The van der Waals surface area contributed by atoms with Gasteiger partial charge in [0.15, 0.2) is 5.13 Å². The SMILES string of the molecule is O=C(O)Nc1cccc(Cl)c1Cl.O=C1CCCN1c1ccc(S(=O)(=O)Nc2nccs2)cc1.[HH].[HH]. The Morgan fingerprint density at radius 2 is 1.91 bits per heavy atom. The molecule has 0 saturated carbocycles. The first kappa shape index (κ1) is 24.8. The number of carbonyl (C=O) groups excluding carboxylic acids is 1. The molecule has 1 aliphatic heterocycles. The highest BCUT2D eigenvalue weighted by Gasteiger charge is 2.22. The summed E-state index contributed by atoms with van der Waals surface area (Å²) in [5, 5.41) is 13.0. The Morgan fingerprint density at radius 1 is 1.18 bits per heavy atom. The van der Waals surface area contributed by atoms with E-state index >= 15 is 0 Å². The van der Waals surface area contributed by atoms with Crippen LogP contribution < -0.4 is 14.9 Å². The van der Waals surface area contributed by atoms with Gasteiger partial charge >= 0.3 is 6.09 Å². The number of anilines is 3. The predicted molar refractivity (Wildman–Crippen MR) is 133 cm³/mol. The molecule has 0 atom stereocenters. The first-order chi connectivity index (χ1) is 15.7. The van der Waals surface area contributed by atoms with Crippen molar-refractivity contribution >= 4 is 73.1 Å². The molecule has 3 aromatic rings. The fraction of sp³-hybridized carbons (Fsp3) is 0.150. The lowest BCUT2D eigenvalue weighted by atomic mass is 10.3. The van der Waals surface area contributed by atoms with Gasteiger partial charge in [0, 0.05) is 33.1 Å². The van der Waals surface area contributed by atoms with Crippen molar-refractivity contribution in [2.75, 3.05) is 21.5 Å². The van der Waals surface area contributed by atoms with Gasteiger partial charge in [0.2, 0.25) is 5.91 Å². The van der Waals surface area contributed by atoms with Gasteiger partial charge in [0.1, 0.15) is 0 Å². The van der Waals surface area contributed by atoms with Crippen LogP contribution in [0.3, 0.4) is 0 Å². The Balaban J connectivity index is 0.000000379. The second-order valence-electron chi connectivity index (χ2n) is 6.62. The summed E-state index contributed by atoms with van der Waals surface area (Å²) >= 11 is 12.5. The van der Waals surface area contributed by atoms with Crippen LogP contribution >= 0.6 is 34.5 Å². The number of amides is 2. The maximum atomic E-state index is 12.2. The zero-order valence-corrected chi connectivity index (χ0v) is 20.0. The molecule has 178 valence electrons. The van der Waals surface area contributed by atoms with Crippen LogP contribution in [0.5, 0.6) is 0 Å². The van der Waals surface area contributed by atoms with E-state index in [9.17, 15) is 18.0 Å². The standard InChI is InChI=1S/C13H13N3O3S2.C7H5Cl2NO2.2H2/c17-12-2-1-8-16(12)10-3-5-11(6-4-10)21(18,19)15-13-14-7-9-20-13;8-4-2-1-3-5(6(4)9)10-7(11)12;;/h3-7,9H,1-2,8H2,(H,14,15);1-3,10H,(H,11,12);2*1H. The van der Waals surface area contributed by atoms with Crippen LogP contribution in [0.4, 0.5) is 21.3 Å². The van der Waals surface area contributed by atoms with Crippen molar-refractivity contribution in [2.45, 2.75) is 17.7 Å². The minimum atomic E-state index is -3.64. The number of thiazole rings is 1. The van der Waals surface area contributed by atoms with Gasteiger partial charge in [-0.25, -0.2) is 18.2 Å². The average Bonchev–Trinajstić information content (AvgIpc) is 3.43. The van der Waals surface area contributed by atoms with E-state index in [1.807, 2.05) is 0 Å². The van der Waals surface area contributed by atoms with Crippen LogP contribution in [0.25, 0.3) is 0 Å². The van der Waals surface area contributed by atoms with E-state index in [0.717, 1.165) is 12.1 Å². The monoisotopic (exact) mass is 532 g/mol. The molecule has 9 nitrogen and oxygen atoms in total. The lowest BCUT2D eigenvalue weighted by Gasteiger charge is -2.16. The van der Waals surface area contributed by atoms with Gasteiger partial charge < -0.3 is 10.0 Å². The van der Waals surface area contributed by atoms with E-state index in [1.54, 1.807) is 34.5 Å². The second kappa shape index (κ2) is 10.8. The zero-order chi connectivity index (χ0) is 24.0. The quantitative estimate of drug-likeness (QED) is 0.389. The number of rotatable bonds is 5. The molecule has 2 heterocycles. The van der Waals surface area contributed by atoms with E-state index < -0.39 is 16.1 Å². The molecule has 0 radical (unpaired) electrons. The topological polar surface area (TPSA) is 129 Å². The molecule has 0 bridgehead atoms. The molecule has 4 rings (SSSR count). The number of halogens is 2. The van der Waals surface area contributed by atoms with Crippen molar-refractivity contribution < 1.29 is 26.0 Å². The molecular formula is C20H22Cl2N4O5S2. The number of hydrogen-bond acceptors (Lipinski definition) is 6. The largest absolute Gasteiger partial charge is 0.465 e. The Labute approximate surface area is 207 Å². The Hall–Kier alpha value is -2.86. The predicted octanol–water partition coefficient (Wildman–Crippen LogP) is 5.65. The van der Waals surface area contributed by atoms with Crippen LogP contribution in [0, 0.1) is 0 Å². The third-order valence-corrected chi connectivity index (χ3v) is 7.37. The minimum absolute atomic E-state index is 0. The van der Waals surface area contributed by atoms with Crippen molar-refractivity contribution in [1.82, 2.24) is 4.98 Å². The highest BCUT2D eigenvalue weighted by molar-refractivity contribution is 7.93. The lowest BCUT2D eigenvalue weighted by Crippen LogP contribution is -2.23. The molecule has 3 N–H and O–H groups in total. The molecule has 2 amide bonds. The van der Waals surface area contributed by atoms with Crippen molar-refractivity contribution in [3.63, 3.8) is 0 Å². The normalized spacial score (nSPS) is 13.3. The molecule has 0 aliphatic carbocycles. The number of aromatic nitrogens is 1. The van der Waals surface area contributed by atoms with E-state index in [1.165, 1.54) is 35.7 Å². The van der Waals surface area contributed by atoms with Gasteiger partial charge in [-0.15, -0.1) is 11.3 Å². The Kier molecular flexibility index (Phi) is 8.14. The summed E-state index contributed by atoms with van der Waals surface area (Å²) in [6.07, 6.45) is 1.75. The number of benzene rings is 2. The number of sulfonamides is 1. The number of nitrogens with zero attached hydrogens (tertiary/aromatic N) is 2. The maximum Gasteiger partial charge on any atom is 0.409 e. The van der Waals surface area contributed by atoms with Gasteiger partial charge in [-0.2, -0.15) is 0 Å². The van der Waals surface area contributed by atoms with E-state index in [2.05, 4.69) is 15.0 Å². The number of nitrogens with one attached hydrogen (secondary N) is 2. The van der Waals surface area contributed by atoms with Crippen LogP contribution in [0.15, 0.2) is 58.9 Å². The molecule has 1 aliphatic rings. The number of carbonyl (C=O) groups is 2. The molecule has 33 heavy (non-hydrogen) atoms. The molecule has 1 fully saturated rings. The highest BCUT2D eigenvalue weighted by Crippen LogP contribution is 2.29. The molecule has 0 spiro atoms. The van der Waals surface area contributed by atoms with E-state index in [0.29, 0.717) is 23.1 Å². The molecule has 0 unspecified atom stereocenters. The summed E-state index contributed by atoms with van der Waals surface area (Å²) in [6, 6.07) is 11.0. The van der Waals surface area contributed by atoms with Crippen molar-refractivity contribution in [1.29, 1.82) is 0 Å².